The third-order valence-electron chi connectivity index (χ3n) is 2.73. The van der Waals surface area contributed by atoms with E-state index in [0.29, 0.717) is 16.9 Å². The van der Waals surface area contributed by atoms with Crippen LogP contribution >= 0.6 is 0 Å². The Hall–Kier alpha value is -2.83. The van der Waals surface area contributed by atoms with Crippen LogP contribution in [0.15, 0.2) is 42.7 Å². The van der Waals surface area contributed by atoms with Crippen LogP contribution in [0.2, 0.25) is 0 Å². The van der Waals surface area contributed by atoms with E-state index in [2.05, 4.69) is 10.1 Å². The normalized spacial score (nSPS) is 10.8. The lowest BCUT2D eigenvalue weighted by atomic mass is 10.1. The summed E-state index contributed by atoms with van der Waals surface area (Å²) in [5, 5.41) is 14.8. The molecule has 2 heterocycles. The van der Waals surface area contributed by atoms with Crippen molar-refractivity contribution in [3.8, 4) is 11.3 Å². The van der Waals surface area contributed by atoms with E-state index < -0.39 is 16.4 Å². The molecule has 94 valence electrons. The molecular weight excluding hydrogens is 251 g/mol. The van der Waals surface area contributed by atoms with E-state index in [-0.39, 0.29) is 0 Å². The largest absolute Gasteiger partial charge is 0.305 e. The standard InChI is InChI=1S/C12H7FN4O2/c13-9-2-1-8(7-11(9)17(18)19)10-3-5-14-12-4-6-15-16(10)12/h1-7H. The van der Waals surface area contributed by atoms with E-state index in [1.165, 1.54) is 16.6 Å². The van der Waals surface area contributed by atoms with Crippen molar-refractivity contribution in [3.63, 3.8) is 0 Å². The van der Waals surface area contributed by atoms with Gasteiger partial charge in [0.05, 0.1) is 16.8 Å². The predicted molar refractivity (Wildman–Crippen MR) is 65.0 cm³/mol. The zero-order valence-electron chi connectivity index (χ0n) is 9.52. The molecule has 0 fully saturated rings. The summed E-state index contributed by atoms with van der Waals surface area (Å²) in [4.78, 5) is 14.1. The number of nitro benzene ring substituents is 1. The maximum Gasteiger partial charge on any atom is 0.305 e. The summed E-state index contributed by atoms with van der Waals surface area (Å²) in [6, 6.07) is 7.10. The predicted octanol–water partition coefficient (Wildman–Crippen LogP) is 2.44. The Balaban J connectivity index is 2.24. The lowest BCUT2D eigenvalue weighted by Gasteiger charge is -2.04. The molecule has 1 aromatic carbocycles. The van der Waals surface area contributed by atoms with Crippen LogP contribution in [0.1, 0.15) is 0 Å². The highest BCUT2D eigenvalue weighted by atomic mass is 19.1. The number of nitro groups is 1. The van der Waals surface area contributed by atoms with Crippen molar-refractivity contribution >= 4 is 11.3 Å². The lowest BCUT2D eigenvalue weighted by molar-refractivity contribution is -0.387. The monoisotopic (exact) mass is 258 g/mol. The van der Waals surface area contributed by atoms with Crippen molar-refractivity contribution in [1.82, 2.24) is 14.6 Å². The van der Waals surface area contributed by atoms with Gasteiger partial charge in [-0.3, -0.25) is 10.1 Å². The molecule has 19 heavy (non-hydrogen) atoms. The minimum atomic E-state index is -0.862. The molecule has 6 nitrogen and oxygen atoms in total. The Morgan fingerprint density at radius 2 is 2.05 bits per heavy atom. The summed E-state index contributed by atoms with van der Waals surface area (Å²) in [6.07, 6.45) is 3.14. The average Bonchev–Trinajstić information content (AvgIpc) is 2.87. The molecule has 0 saturated heterocycles. The molecule has 0 spiro atoms. The quantitative estimate of drug-likeness (QED) is 0.522. The van der Waals surface area contributed by atoms with E-state index in [9.17, 15) is 14.5 Å². The van der Waals surface area contributed by atoms with E-state index >= 15 is 0 Å². The van der Waals surface area contributed by atoms with Gasteiger partial charge in [-0.2, -0.15) is 9.49 Å². The van der Waals surface area contributed by atoms with Gasteiger partial charge in [0.2, 0.25) is 5.82 Å². The number of fused-ring (bicyclic) bond motifs is 1. The number of benzene rings is 1. The molecule has 0 radical (unpaired) electrons. The summed E-state index contributed by atoms with van der Waals surface area (Å²) >= 11 is 0. The number of rotatable bonds is 2. The zero-order valence-corrected chi connectivity index (χ0v) is 9.52. The third kappa shape index (κ3) is 1.81. The second-order valence-electron chi connectivity index (χ2n) is 3.85. The molecule has 0 bridgehead atoms. The second-order valence-corrected chi connectivity index (χ2v) is 3.85. The maximum absolute atomic E-state index is 13.3. The Kier molecular flexibility index (Phi) is 2.45. The van der Waals surface area contributed by atoms with Crippen molar-refractivity contribution in [2.24, 2.45) is 0 Å². The molecule has 0 N–H and O–H groups in total. The zero-order chi connectivity index (χ0) is 13.4. The number of nitrogens with zero attached hydrogens (tertiary/aromatic N) is 4. The molecule has 2 aromatic heterocycles. The van der Waals surface area contributed by atoms with Crippen LogP contribution in [0.25, 0.3) is 16.9 Å². The lowest BCUT2D eigenvalue weighted by Crippen LogP contribution is -1.97. The van der Waals surface area contributed by atoms with Crippen molar-refractivity contribution in [2.45, 2.75) is 0 Å². The van der Waals surface area contributed by atoms with Crippen LogP contribution in [0, 0.1) is 15.9 Å². The molecular formula is C12H7FN4O2. The number of aromatic nitrogens is 3. The van der Waals surface area contributed by atoms with Crippen molar-refractivity contribution in [3.05, 3.63) is 58.7 Å². The molecule has 0 aliphatic rings. The fraction of sp³-hybridized carbons (Fsp3) is 0. The molecule has 7 heteroatoms. The van der Waals surface area contributed by atoms with Crippen LogP contribution in [0.3, 0.4) is 0 Å². The molecule has 0 unspecified atom stereocenters. The van der Waals surface area contributed by atoms with Crippen LogP contribution in [0.5, 0.6) is 0 Å². The van der Waals surface area contributed by atoms with Gasteiger partial charge in [-0.1, -0.05) is 0 Å². The summed E-state index contributed by atoms with van der Waals surface area (Å²) in [5.41, 5.74) is 1.17. The average molecular weight is 258 g/mol. The first kappa shape index (κ1) is 11.3. The molecule has 0 atom stereocenters. The van der Waals surface area contributed by atoms with E-state index in [4.69, 9.17) is 0 Å². The first-order valence-corrected chi connectivity index (χ1v) is 5.40. The van der Waals surface area contributed by atoms with Gasteiger partial charge in [-0.15, -0.1) is 0 Å². The maximum atomic E-state index is 13.3. The topological polar surface area (TPSA) is 73.3 Å². The van der Waals surface area contributed by atoms with Gasteiger partial charge >= 0.3 is 5.69 Å². The SMILES string of the molecule is O=[N+]([O-])c1cc(-c2ccnc3ccnn23)ccc1F. The first-order valence-electron chi connectivity index (χ1n) is 5.40. The molecule has 3 aromatic rings. The molecule has 0 aliphatic carbocycles. The summed E-state index contributed by atoms with van der Waals surface area (Å²) in [5.74, 6) is -0.862. The van der Waals surface area contributed by atoms with Crippen molar-refractivity contribution in [1.29, 1.82) is 0 Å². The van der Waals surface area contributed by atoms with Gasteiger partial charge < -0.3 is 0 Å². The highest BCUT2D eigenvalue weighted by Gasteiger charge is 2.16. The Morgan fingerprint density at radius 1 is 1.21 bits per heavy atom. The molecule has 3 rings (SSSR count). The van der Waals surface area contributed by atoms with Gasteiger partial charge in [0.25, 0.3) is 0 Å². The number of hydrogen-bond acceptors (Lipinski definition) is 4. The Labute approximate surface area is 106 Å². The van der Waals surface area contributed by atoms with Crippen LogP contribution < -0.4 is 0 Å². The van der Waals surface area contributed by atoms with Crippen molar-refractivity contribution < 1.29 is 9.31 Å². The van der Waals surface area contributed by atoms with Gasteiger partial charge in [0.15, 0.2) is 5.65 Å². The van der Waals surface area contributed by atoms with E-state index in [1.54, 1.807) is 24.5 Å². The Bertz CT molecular complexity index is 784. The second kappa shape index (κ2) is 4.13. The Morgan fingerprint density at radius 3 is 2.84 bits per heavy atom. The highest BCUT2D eigenvalue weighted by molar-refractivity contribution is 5.65. The van der Waals surface area contributed by atoms with Gasteiger partial charge in [0, 0.05) is 23.9 Å². The number of hydrogen-bond donors (Lipinski definition) is 0. The fourth-order valence-electron chi connectivity index (χ4n) is 1.87. The van der Waals surface area contributed by atoms with Crippen LogP contribution in [0.4, 0.5) is 10.1 Å². The highest BCUT2D eigenvalue weighted by Crippen LogP contribution is 2.26. The van der Waals surface area contributed by atoms with Crippen LogP contribution in [-0.4, -0.2) is 19.5 Å². The van der Waals surface area contributed by atoms with Crippen molar-refractivity contribution in [2.75, 3.05) is 0 Å². The van der Waals surface area contributed by atoms with Gasteiger partial charge in [0.1, 0.15) is 0 Å². The van der Waals surface area contributed by atoms with Gasteiger partial charge in [-0.05, 0) is 18.2 Å². The minimum Gasteiger partial charge on any atom is -0.258 e. The van der Waals surface area contributed by atoms with E-state index in [1.807, 2.05) is 0 Å². The number of halogens is 1. The minimum absolute atomic E-state index is 0.504. The summed E-state index contributed by atoms with van der Waals surface area (Å²) in [6.45, 7) is 0. The molecule has 0 saturated carbocycles. The first-order chi connectivity index (χ1) is 9.16. The molecule has 0 aliphatic heterocycles. The fourth-order valence-corrected chi connectivity index (χ4v) is 1.87. The van der Waals surface area contributed by atoms with Gasteiger partial charge in [-0.25, -0.2) is 9.50 Å². The summed E-state index contributed by atoms with van der Waals surface area (Å²) < 4.78 is 14.9. The van der Waals surface area contributed by atoms with Crippen LogP contribution in [-0.2, 0) is 0 Å². The molecule has 0 amide bonds. The smallest absolute Gasteiger partial charge is 0.258 e. The van der Waals surface area contributed by atoms with E-state index in [0.717, 1.165) is 6.07 Å². The third-order valence-corrected chi connectivity index (χ3v) is 2.73. The summed E-state index contributed by atoms with van der Waals surface area (Å²) in [7, 11) is 0.